The topological polar surface area (TPSA) is 38.1 Å². The summed E-state index contributed by atoms with van der Waals surface area (Å²) in [5.74, 6) is 1.54. The first-order valence-corrected chi connectivity index (χ1v) is 4.96. The maximum absolute atomic E-state index is 5.59. The van der Waals surface area contributed by atoms with E-state index >= 15 is 0 Å². The van der Waals surface area contributed by atoms with Gasteiger partial charge in [-0.2, -0.15) is 0 Å². The molecule has 0 aliphatic rings. The lowest BCUT2D eigenvalue weighted by atomic mass is 10.1. The highest BCUT2D eigenvalue weighted by Gasteiger charge is 2.05. The molecule has 0 unspecified atom stereocenters. The molecule has 3 nitrogen and oxygen atoms in total. The summed E-state index contributed by atoms with van der Waals surface area (Å²) in [5.41, 5.74) is 2.23. The van der Waals surface area contributed by atoms with Gasteiger partial charge in [0.2, 0.25) is 5.89 Å². The van der Waals surface area contributed by atoms with Gasteiger partial charge in [-0.3, -0.25) is 0 Å². The fraction of sp³-hybridized carbons (Fsp3) is 0.250. The molecule has 1 N–H and O–H groups in total. The number of rotatable bonds is 3. The molecular weight excluding hydrogens is 188 g/mol. The van der Waals surface area contributed by atoms with Crippen molar-refractivity contribution in [2.24, 2.45) is 0 Å². The second-order valence-corrected chi connectivity index (χ2v) is 3.53. The zero-order valence-corrected chi connectivity index (χ0v) is 8.95. The Hall–Kier alpha value is -1.61. The number of hydrogen-bond donors (Lipinski definition) is 1. The fourth-order valence-electron chi connectivity index (χ4n) is 1.48. The molecule has 0 fully saturated rings. The van der Waals surface area contributed by atoms with E-state index in [9.17, 15) is 0 Å². The highest BCUT2D eigenvalue weighted by atomic mass is 16.4. The SMILES string of the molecule is CNCc1cnc(-c2cccc(C)c2)o1. The maximum Gasteiger partial charge on any atom is 0.226 e. The predicted octanol–water partition coefficient (Wildman–Crippen LogP) is 2.37. The molecule has 15 heavy (non-hydrogen) atoms. The van der Waals surface area contributed by atoms with Crippen LogP contribution in [0.15, 0.2) is 34.9 Å². The molecule has 0 atom stereocenters. The second-order valence-electron chi connectivity index (χ2n) is 3.53. The summed E-state index contributed by atoms with van der Waals surface area (Å²) in [7, 11) is 1.88. The van der Waals surface area contributed by atoms with Gasteiger partial charge in [-0.15, -0.1) is 0 Å². The van der Waals surface area contributed by atoms with Crippen LogP contribution in [0.2, 0.25) is 0 Å². The van der Waals surface area contributed by atoms with Crippen molar-refractivity contribution in [2.45, 2.75) is 13.5 Å². The summed E-state index contributed by atoms with van der Waals surface area (Å²) < 4.78 is 5.59. The van der Waals surface area contributed by atoms with Crippen molar-refractivity contribution < 1.29 is 4.42 Å². The van der Waals surface area contributed by atoms with E-state index in [1.54, 1.807) is 6.20 Å². The van der Waals surface area contributed by atoms with Crippen molar-refractivity contribution in [1.29, 1.82) is 0 Å². The third-order valence-corrected chi connectivity index (χ3v) is 2.17. The summed E-state index contributed by atoms with van der Waals surface area (Å²) in [6, 6.07) is 8.13. The molecule has 1 aromatic carbocycles. The molecule has 0 radical (unpaired) electrons. The minimum absolute atomic E-state index is 0.684. The van der Waals surface area contributed by atoms with Crippen LogP contribution in [0.5, 0.6) is 0 Å². The second kappa shape index (κ2) is 4.28. The zero-order chi connectivity index (χ0) is 10.7. The maximum atomic E-state index is 5.59. The van der Waals surface area contributed by atoms with E-state index in [0.29, 0.717) is 12.4 Å². The van der Waals surface area contributed by atoms with Crippen LogP contribution in [-0.2, 0) is 6.54 Å². The average Bonchev–Trinajstić information content (AvgIpc) is 2.67. The summed E-state index contributed by atoms with van der Waals surface area (Å²) in [6.45, 7) is 2.76. The van der Waals surface area contributed by atoms with E-state index in [1.165, 1.54) is 5.56 Å². The Balaban J connectivity index is 2.29. The molecule has 2 aromatic rings. The van der Waals surface area contributed by atoms with E-state index < -0.39 is 0 Å². The highest BCUT2D eigenvalue weighted by Crippen LogP contribution is 2.19. The van der Waals surface area contributed by atoms with E-state index in [2.05, 4.69) is 29.4 Å². The Kier molecular flexibility index (Phi) is 2.83. The number of nitrogens with one attached hydrogen (secondary N) is 1. The summed E-state index contributed by atoms with van der Waals surface area (Å²) in [6.07, 6.45) is 1.76. The minimum atomic E-state index is 0.684. The van der Waals surface area contributed by atoms with Crippen LogP contribution in [0.1, 0.15) is 11.3 Å². The van der Waals surface area contributed by atoms with Crippen LogP contribution >= 0.6 is 0 Å². The highest BCUT2D eigenvalue weighted by molar-refractivity contribution is 5.54. The van der Waals surface area contributed by atoms with Crippen LogP contribution < -0.4 is 5.32 Å². The van der Waals surface area contributed by atoms with Crippen molar-refractivity contribution in [3.05, 3.63) is 41.8 Å². The zero-order valence-electron chi connectivity index (χ0n) is 8.95. The molecular formula is C12H14N2O. The van der Waals surface area contributed by atoms with Gasteiger partial charge in [0.05, 0.1) is 12.7 Å². The monoisotopic (exact) mass is 202 g/mol. The van der Waals surface area contributed by atoms with E-state index in [-0.39, 0.29) is 0 Å². The van der Waals surface area contributed by atoms with Crippen molar-refractivity contribution in [2.75, 3.05) is 7.05 Å². The van der Waals surface area contributed by atoms with Crippen molar-refractivity contribution >= 4 is 0 Å². The number of oxazole rings is 1. The molecule has 0 aliphatic carbocycles. The molecule has 78 valence electrons. The number of aryl methyl sites for hydroxylation is 1. The third kappa shape index (κ3) is 2.25. The Labute approximate surface area is 89.1 Å². The Bertz CT molecular complexity index is 448. The Morgan fingerprint density at radius 3 is 3.00 bits per heavy atom. The van der Waals surface area contributed by atoms with E-state index in [4.69, 9.17) is 4.42 Å². The molecule has 2 rings (SSSR count). The van der Waals surface area contributed by atoms with Crippen LogP contribution in [0.4, 0.5) is 0 Å². The molecule has 0 saturated heterocycles. The van der Waals surface area contributed by atoms with Gasteiger partial charge in [0.25, 0.3) is 0 Å². The first-order valence-electron chi connectivity index (χ1n) is 4.96. The van der Waals surface area contributed by atoms with Crippen LogP contribution in [0, 0.1) is 6.92 Å². The quantitative estimate of drug-likeness (QED) is 0.830. The molecule has 3 heteroatoms. The van der Waals surface area contributed by atoms with Gasteiger partial charge < -0.3 is 9.73 Å². The molecule has 0 saturated carbocycles. The lowest BCUT2D eigenvalue weighted by Crippen LogP contribution is -2.03. The normalized spacial score (nSPS) is 10.5. The van der Waals surface area contributed by atoms with Crippen LogP contribution in [0.25, 0.3) is 11.5 Å². The molecule has 0 bridgehead atoms. The van der Waals surface area contributed by atoms with Gasteiger partial charge in [-0.1, -0.05) is 17.7 Å². The molecule has 1 aromatic heterocycles. The molecule has 1 heterocycles. The Morgan fingerprint density at radius 2 is 2.27 bits per heavy atom. The van der Waals surface area contributed by atoms with Gasteiger partial charge in [-0.05, 0) is 26.1 Å². The van der Waals surface area contributed by atoms with Crippen molar-refractivity contribution in [3.8, 4) is 11.5 Å². The predicted molar refractivity (Wildman–Crippen MR) is 59.4 cm³/mol. The first-order chi connectivity index (χ1) is 7.29. The largest absolute Gasteiger partial charge is 0.440 e. The fourth-order valence-corrected chi connectivity index (χ4v) is 1.48. The number of nitrogens with zero attached hydrogens (tertiary/aromatic N) is 1. The third-order valence-electron chi connectivity index (χ3n) is 2.17. The van der Waals surface area contributed by atoms with E-state index in [0.717, 1.165) is 11.3 Å². The van der Waals surface area contributed by atoms with Crippen LogP contribution in [-0.4, -0.2) is 12.0 Å². The lowest BCUT2D eigenvalue weighted by molar-refractivity contribution is 0.503. The van der Waals surface area contributed by atoms with Gasteiger partial charge in [0.15, 0.2) is 0 Å². The molecule has 0 amide bonds. The number of hydrogen-bond acceptors (Lipinski definition) is 3. The van der Waals surface area contributed by atoms with Gasteiger partial charge in [0.1, 0.15) is 5.76 Å². The number of benzene rings is 1. The standard InChI is InChI=1S/C12H14N2O/c1-9-4-3-5-10(6-9)12-14-8-11(15-12)7-13-2/h3-6,8,13H,7H2,1-2H3. The van der Waals surface area contributed by atoms with Gasteiger partial charge >= 0.3 is 0 Å². The minimum Gasteiger partial charge on any atom is -0.440 e. The lowest BCUT2D eigenvalue weighted by Gasteiger charge is -1.97. The average molecular weight is 202 g/mol. The smallest absolute Gasteiger partial charge is 0.226 e. The molecule has 0 spiro atoms. The first kappa shape index (κ1) is 9.93. The Morgan fingerprint density at radius 1 is 1.40 bits per heavy atom. The summed E-state index contributed by atoms with van der Waals surface area (Å²) in [5, 5.41) is 3.03. The van der Waals surface area contributed by atoms with Crippen LogP contribution in [0.3, 0.4) is 0 Å². The molecule has 0 aliphatic heterocycles. The summed E-state index contributed by atoms with van der Waals surface area (Å²) in [4.78, 5) is 4.24. The number of aromatic nitrogens is 1. The van der Waals surface area contributed by atoms with Gasteiger partial charge in [0, 0.05) is 5.56 Å². The van der Waals surface area contributed by atoms with E-state index in [1.807, 2.05) is 19.2 Å². The van der Waals surface area contributed by atoms with Gasteiger partial charge in [-0.25, -0.2) is 4.98 Å². The van der Waals surface area contributed by atoms with Crippen molar-refractivity contribution in [1.82, 2.24) is 10.3 Å². The van der Waals surface area contributed by atoms with Crippen molar-refractivity contribution in [3.63, 3.8) is 0 Å². The summed E-state index contributed by atoms with van der Waals surface area (Å²) >= 11 is 0.